The molecule has 2 amide bonds. The molecule has 0 unspecified atom stereocenters. The molecule has 0 aromatic heterocycles. The number of alkyl carbamates (subject to hydrolysis) is 1. The minimum atomic E-state index is -3.30. The first kappa shape index (κ1) is 26.4. The van der Waals surface area contributed by atoms with Crippen molar-refractivity contribution in [3.63, 3.8) is 0 Å². The van der Waals surface area contributed by atoms with Crippen LogP contribution in [0.2, 0.25) is 0 Å². The molecule has 0 saturated carbocycles. The first-order valence-electron chi connectivity index (χ1n) is 11.2. The van der Waals surface area contributed by atoms with Crippen molar-refractivity contribution >= 4 is 27.9 Å². The molecule has 1 heterocycles. The Morgan fingerprint density at radius 2 is 1.89 bits per heavy atom. The topological polar surface area (TPSA) is 114 Å². The molecule has 190 valence electrons. The van der Waals surface area contributed by atoms with Gasteiger partial charge in [0, 0.05) is 12.1 Å². The van der Waals surface area contributed by atoms with Crippen molar-refractivity contribution in [2.24, 2.45) is 0 Å². The van der Waals surface area contributed by atoms with Gasteiger partial charge in [-0.05, 0) is 57.0 Å². The van der Waals surface area contributed by atoms with E-state index in [1.807, 2.05) is 0 Å². The molecule has 1 saturated heterocycles. The van der Waals surface area contributed by atoms with Crippen molar-refractivity contribution in [1.82, 2.24) is 10.0 Å². The summed E-state index contributed by atoms with van der Waals surface area (Å²) in [5.41, 5.74) is 1.38. The number of hydrogen-bond acceptors (Lipinski definition) is 6. The monoisotopic (exact) mass is 507 g/mol. The second kappa shape index (κ2) is 10.6. The Balaban J connectivity index is 1.62. The van der Waals surface area contributed by atoms with Gasteiger partial charge in [0.15, 0.2) is 0 Å². The zero-order chi connectivity index (χ0) is 25.8. The lowest BCUT2D eigenvalue weighted by molar-refractivity contribution is 0.0496. The normalized spacial score (nSPS) is 16.2. The number of carbonyl (C=O) groups excluding carboxylic acids is 2. The summed E-state index contributed by atoms with van der Waals surface area (Å²) >= 11 is 0. The van der Waals surface area contributed by atoms with Crippen LogP contribution in [0.25, 0.3) is 11.1 Å². The van der Waals surface area contributed by atoms with Gasteiger partial charge in [0.2, 0.25) is 10.0 Å². The van der Waals surface area contributed by atoms with Crippen molar-refractivity contribution < 1.29 is 31.9 Å². The standard InChI is InChI=1S/C24H30FN3O6S/c1-5-35(31,32)27-13-16-6-8-17(9-7-16)20-11-10-18(12-21(20)25)28-15-19(33-23(28)30)14-26-22(29)34-24(2,3)4/h6-12,19,27H,5,13-15H2,1-4H3,(H,26,29)/t19-/m0/s1. The summed E-state index contributed by atoms with van der Waals surface area (Å²) in [5, 5.41) is 2.56. The molecule has 0 radical (unpaired) electrons. The van der Waals surface area contributed by atoms with E-state index in [0.29, 0.717) is 16.8 Å². The van der Waals surface area contributed by atoms with Gasteiger partial charge in [0.25, 0.3) is 0 Å². The van der Waals surface area contributed by atoms with Crippen LogP contribution < -0.4 is 14.9 Å². The maximum atomic E-state index is 14.9. The Hall–Kier alpha value is -3.18. The van der Waals surface area contributed by atoms with Crippen molar-refractivity contribution in [2.75, 3.05) is 23.7 Å². The third-order valence-electron chi connectivity index (χ3n) is 5.15. The Labute approximate surface area is 204 Å². The number of halogens is 1. The molecule has 35 heavy (non-hydrogen) atoms. The van der Waals surface area contributed by atoms with Gasteiger partial charge in [0.1, 0.15) is 17.5 Å². The van der Waals surface area contributed by atoms with E-state index in [9.17, 15) is 22.4 Å². The van der Waals surface area contributed by atoms with E-state index in [0.717, 1.165) is 5.56 Å². The van der Waals surface area contributed by atoms with Gasteiger partial charge >= 0.3 is 12.2 Å². The first-order valence-corrected chi connectivity index (χ1v) is 12.8. The second-order valence-electron chi connectivity index (χ2n) is 9.08. The van der Waals surface area contributed by atoms with Crippen molar-refractivity contribution in [3.05, 3.63) is 53.8 Å². The molecule has 3 rings (SSSR count). The highest BCUT2D eigenvalue weighted by Gasteiger charge is 2.33. The number of ether oxygens (including phenoxy) is 2. The third-order valence-corrected chi connectivity index (χ3v) is 6.50. The van der Waals surface area contributed by atoms with E-state index < -0.39 is 39.7 Å². The molecule has 11 heteroatoms. The third kappa shape index (κ3) is 7.40. The van der Waals surface area contributed by atoms with Crippen LogP contribution in [0.3, 0.4) is 0 Å². The van der Waals surface area contributed by atoms with Crippen molar-refractivity contribution in [1.29, 1.82) is 0 Å². The lowest BCUT2D eigenvalue weighted by atomic mass is 10.0. The molecule has 1 aliphatic heterocycles. The van der Waals surface area contributed by atoms with E-state index in [4.69, 9.17) is 9.47 Å². The van der Waals surface area contributed by atoms with E-state index in [1.165, 1.54) is 11.0 Å². The average Bonchev–Trinajstić information content (AvgIpc) is 3.16. The predicted octanol–water partition coefficient (Wildman–Crippen LogP) is 3.78. The zero-order valence-corrected chi connectivity index (χ0v) is 20.9. The van der Waals surface area contributed by atoms with Gasteiger partial charge in [-0.25, -0.2) is 27.1 Å². The summed E-state index contributed by atoms with van der Waals surface area (Å²) < 4.78 is 51.0. The number of amides is 2. The van der Waals surface area contributed by atoms with E-state index >= 15 is 0 Å². The molecule has 2 N–H and O–H groups in total. The number of sulfonamides is 1. The Bertz CT molecular complexity index is 1180. The van der Waals surface area contributed by atoms with Crippen LogP contribution in [0, 0.1) is 5.82 Å². The number of nitrogens with one attached hydrogen (secondary N) is 2. The van der Waals surface area contributed by atoms with Crippen LogP contribution >= 0.6 is 0 Å². The molecular formula is C24H30FN3O6S. The average molecular weight is 508 g/mol. The van der Waals surface area contributed by atoms with Crippen LogP contribution in [-0.4, -0.2) is 51.2 Å². The summed E-state index contributed by atoms with van der Waals surface area (Å²) in [7, 11) is -3.30. The maximum Gasteiger partial charge on any atom is 0.414 e. The number of anilines is 1. The molecule has 0 spiro atoms. The first-order chi connectivity index (χ1) is 16.4. The summed E-state index contributed by atoms with van der Waals surface area (Å²) in [4.78, 5) is 25.4. The van der Waals surface area contributed by atoms with Crippen LogP contribution in [-0.2, 0) is 26.0 Å². The number of hydrogen-bond donors (Lipinski definition) is 2. The van der Waals surface area contributed by atoms with Gasteiger partial charge in [-0.2, -0.15) is 0 Å². The Morgan fingerprint density at radius 3 is 2.49 bits per heavy atom. The quantitative estimate of drug-likeness (QED) is 0.562. The summed E-state index contributed by atoms with van der Waals surface area (Å²) in [6.45, 7) is 7.16. The van der Waals surface area contributed by atoms with E-state index in [1.54, 1.807) is 64.1 Å². The number of carbonyl (C=O) groups is 2. The smallest absolute Gasteiger partial charge is 0.414 e. The maximum absolute atomic E-state index is 14.9. The largest absolute Gasteiger partial charge is 0.444 e. The molecule has 1 fully saturated rings. The van der Waals surface area contributed by atoms with E-state index in [-0.39, 0.29) is 25.4 Å². The molecule has 1 atom stereocenters. The number of nitrogens with zero attached hydrogens (tertiary/aromatic N) is 1. The fourth-order valence-corrected chi connectivity index (χ4v) is 3.94. The van der Waals surface area contributed by atoms with Gasteiger partial charge in [-0.15, -0.1) is 0 Å². The van der Waals surface area contributed by atoms with Crippen LogP contribution in [0.4, 0.5) is 19.7 Å². The zero-order valence-electron chi connectivity index (χ0n) is 20.1. The lowest BCUT2D eigenvalue weighted by Crippen LogP contribution is -2.38. The SMILES string of the molecule is CCS(=O)(=O)NCc1ccc(-c2ccc(N3C[C@H](CNC(=O)OC(C)(C)C)OC3=O)cc2F)cc1. The Kier molecular flexibility index (Phi) is 8.01. The molecule has 0 bridgehead atoms. The van der Waals surface area contributed by atoms with Gasteiger partial charge in [0.05, 0.1) is 24.5 Å². The number of cyclic esters (lactones) is 1. The van der Waals surface area contributed by atoms with Gasteiger partial charge in [-0.1, -0.05) is 24.3 Å². The summed E-state index contributed by atoms with van der Waals surface area (Å²) in [6.07, 6.45) is -1.85. The highest BCUT2D eigenvalue weighted by atomic mass is 32.2. The number of benzene rings is 2. The van der Waals surface area contributed by atoms with Crippen LogP contribution in [0.1, 0.15) is 33.3 Å². The fourth-order valence-electron chi connectivity index (χ4n) is 3.35. The molecule has 0 aliphatic carbocycles. The molecule has 9 nitrogen and oxygen atoms in total. The highest BCUT2D eigenvalue weighted by molar-refractivity contribution is 7.89. The molecule has 1 aliphatic rings. The minimum absolute atomic E-state index is 0.00575. The summed E-state index contributed by atoms with van der Waals surface area (Å²) in [5.74, 6) is -0.529. The highest BCUT2D eigenvalue weighted by Crippen LogP contribution is 2.29. The van der Waals surface area contributed by atoms with Gasteiger partial charge < -0.3 is 14.8 Å². The van der Waals surface area contributed by atoms with Gasteiger partial charge in [-0.3, -0.25) is 4.90 Å². The Morgan fingerprint density at radius 1 is 1.20 bits per heavy atom. The molecular weight excluding hydrogens is 477 g/mol. The minimum Gasteiger partial charge on any atom is -0.444 e. The summed E-state index contributed by atoms with van der Waals surface area (Å²) in [6, 6.07) is 11.3. The number of rotatable bonds is 8. The van der Waals surface area contributed by atoms with Crippen LogP contribution in [0.15, 0.2) is 42.5 Å². The van der Waals surface area contributed by atoms with E-state index in [2.05, 4.69) is 10.0 Å². The lowest BCUT2D eigenvalue weighted by Gasteiger charge is -2.20. The molecule has 2 aromatic carbocycles. The predicted molar refractivity (Wildman–Crippen MR) is 130 cm³/mol. The van der Waals surface area contributed by atoms with Crippen molar-refractivity contribution in [2.45, 2.75) is 45.9 Å². The molecule has 2 aromatic rings. The van der Waals surface area contributed by atoms with Crippen LogP contribution in [0.5, 0.6) is 0 Å². The van der Waals surface area contributed by atoms with Crippen molar-refractivity contribution in [3.8, 4) is 11.1 Å². The second-order valence-corrected chi connectivity index (χ2v) is 11.2. The fraction of sp³-hybridized carbons (Fsp3) is 0.417.